The van der Waals surface area contributed by atoms with E-state index in [2.05, 4.69) is 77.1 Å². The molecule has 1 aromatic rings. The van der Waals surface area contributed by atoms with E-state index >= 15 is 0 Å². The zero-order chi connectivity index (χ0) is 20.4. The average molecular weight is 393 g/mol. The van der Waals surface area contributed by atoms with Crippen molar-refractivity contribution in [2.45, 2.75) is 13.8 Å². The van der Waals surface area contributed by atoms with Crippen LogP contribution in [-0.2, 0) is 29.6 Å². The summed E-state index contributed by atoms with van der Waals surface area (Å²) in [4.78, 5) is 2.08. The van der Waals surface area contributed by atoms with Gasteiger partial charge in [0.15, 0.2) is 0 Å². The molecule has 1 aromatic carbocycles. The molecule has 0 aromatic heterocycles. The van der Waals surface area contributed by atoms with Crippen molar-refractivity contribution in [1.82, 2.24) is 0 Å². The predicted molar refractivity (Wildman–Crippen MR) is 101 cm³/mol. The molecule has 1 radical (unpaired) electrons. The first-order valence-electron chi connectivity index (χ1n) is 7.72. The number of rotatable bonds is 5. The van der Waals surface area contributed by atoms with Gasteiger partial charge >= 0.3 is 128 Å². The van der Waals surface area contributed by atoms with Gasteiger partial charge in [0.1, 0.15) is 0 Å². The van der Waals surface area contributed by atoms with Crippen LogP contribution in [0.4, 0.5) is 5.69 Å². The van der Waals surface area contributed by atoms with E-state index in [1.165, 1.54) is 11.3 Å². The van der Waals surface area contributed by atoms with Gasteiger partial charge in [0.25, 0.3) is 0 Å². The minimum absolute atomic E-state index is 0.671. The van der Waals surface area contributed by atoms with E-state index in [9.17, 15) is 0 Å². The molecule has 0 amide bonds. The molecule has 0 unspecified atom stereocenters. The Morgan fingerprint density at radius 1 is 1.15 bits per heavy atom. The van der Waals surface area contributed by atoms with Crippen LogP contribution in [0, 0.1) is 19.7 Å². The van der Waals surface area contributed by atoms with E-state index in [-0.39, 0.29) is 0 Å². The quantitative estimate of drug-likeness (QED) is 0.430. The van der Waals surface area contributed by atoms with Gasteiger partial charge in [-0.2, -0.15) is 0 Å². The molecule has 0 spiro atoms. The molecule has 0 heterocycles. The number of hydrogen-bond acceptors (Lipinski definition) is 2. The summed E-state index contributed by atoms with van der Waals surface area (Å²) in [5.74, 6) is 0. The molecule has 0 saturated carbocycles. The monoisotopic (exact) mass is 393 g/mol. The molecule has 26 heavy (non-hydrogen) atoms. The molecule has 1 aliphatic carbocycles. The van der Waals surface area contributed by atoms with E-state index in [4.69, 9.17) is 14.0 Å². The Bertz CT molecular complexity index is 629. The van der Waals surface area contributed by atoms with Crippen molar-refractivity contribution >= 4 is 16.4 Å². The van der Waals surface area contributed by atoms with Gasteiger partial charge < -0.3 is 0 Å². The molecule has 5 heteroatoms. The maximum atomic E-state index is 7.50. The van der Waals surface area contributed by atoms with Gasteiger partial charge in [-0.15, -0.1) is 0 Å². The van der Waals surface area contributed by atoms with Crippen LogP contribution in [0.25, 0.3) is 6.08 Å². The fourth-order valence-corrected chi connectivity index (χ4v) is 1.97. The van der Waals surface area contributed by atoms with Crippen LogP contribution in [0.5, 0.6) is 0 Å². The van der Waals surface area contributed by atoms with Crippen LogP contribution in [0.15, 0.2) is 54.1 Å². The van der Waals surface area contributed by atoms with Crippen LogP contribution in [0.3, 0.4) is 0 Å². The van der Waals surface area contributed by atoms with Crippen LogP contribution in [0.2, 0.25) is 0 Å². The first-order chi connectivity index (χ1) is 12.5. The number of nitrogens with zero attached hydrogens (tertiary/aromatic N) is 1. The van der Waals surface area contributed by atoms with Crippen molar-refractivity contribution in [1.29, 1.82) is 0 Å². The second-order valence-electron chi connectivity index (χ2n) is 5.02. The Morgan fingerprint density at radius 2 is 1.73 bits per heavy atom. The number of benzene rings is 1. The summed E-state index contributed by atoms with van der Waals surface area (Å²) < 4.78 is 21.0. The maximum absolute atomic E-state index is 7.50. The summed E-state index contributed by atoms with van der Waals surface area (Å²) in [6.07, 6.45) is 12.2. The molecular formula is C21H24MnNO3. The number of allylic oxidation sites excluding steroid dienone is 4. The normalized spacial score (nSPS) is 11.0. The Hall–Kier alpha value is -1.93. The molecule has 0 aliphatic heterocycles. The van der Waals surface area contributed by atoms with Gasteiger partial charge in [0, 0.05) is 6.42 Å². The summed E-state index contributed by atoms with van der Waals surface area (Å²) in [5, 5.41) is 0. The molecule has 0 atom stereocenters. The fourth-order valence-electron chi connectivity index (χ4n) is 1.70. The van der Waals surface area contributed by atoms with Gasteiger partial charge in [-0.3, -0.25) is 0 Å². The van der Waals surface area contributed by atoms with Gasteiger partial charge in [0.2, 0.25) is 0 Å². The zero-order valence-corrected chi connectivity index (χ0v) is 16.7. The van der Waals surface area contributed by atoms with Gasteiger partial charge in [0.05, 0.1) is 0 Å². The van der Waals surface area contributed by atoms with E-state index in [0.717, 1.165) is 10.2 Å². The Kier molecular flexibility index (Phi) is 18.1. The third-order valence-electron chi connectivity index (χ3n) is 2.93. The van der Waals surface area contributed by atoms with Crippen molar-refractivity contribution in [3.8, 4) is 0 Å². The summed E-state index contributed by atoms with van der Waals surface area (Å²) in [6, 6.07) is 8.35. The second-order valence-corrected chi connectivity index (χ2v) is 5.60. The molecule has 0 N–H and O–H groups in total. The minimum atomic E-state index is 0.671. The second kappa shape index (κ2) is 17.9. The summed E-state index contributed by atoms with van der Waals surface area (Å²) in [5.41, 5.74) is 3.70. The van der Waals surface area contributed by atoms with Crippen LogP contribution >= 0.6 is 0 Å². The van der Waals surface area contributed by atoms with Crippen molar-refractivity contribution in [3.63, 3.8) is 0 Å². The van der Waals surface area contributed by atoms with Gasteiger partial charge in [-0.25, -0.2) is 0 Å². The van der Waals surface area contributed by atoms with E-state index in [1.54, 1.807) is 0 Å². The fraction of sp³-hybridized carbons (Fsp3) is 0.238. The van der Waals surface area contributed by atoms with Crippen molar-refractivity contribution < 1.29 is 29.6 Å². The van der Waals surface area contributed by atoms with Crippen LogP contribution in [0.1, 0.15) is 19.4 Å². The molecular weight excluding hydrogens is 369 g/mol. The summed E-state index contributed by atoms with van der Waals surface area (Å²) in [6.45, 7) is 13.7. The van der Waals surface area contributed by atoms with Crippen molar-refractivity contribution in [3.05, 3.63) is 79.4 Å². The standard InChI is InChI=1S/C13H17NO.C6H7.2CO.Mn/c1-4-15-11-5-6-12-7-9-13(10-8-12)14(2)3;1-6-4-2-3-5-6;2*1-2;/h5-10H,4H2,1-3H3;2-5H,1H3;;;/b6-5+;;;;. The van der Waals surface area contributed by atoms with Crippen LogP contribution < -0.4 is 4.90 Å². The van der Waals surface area contributed by atoms with Crippen molar-refractivity contribution in [2.24, 2.45) is 0 Å². The average Bonchev–Trinajstić information content (AvgIpc) is 3.15. The summed E-state index contributed by atoms with van der Waals surface area (Å²) >= 11 is 3.33. The number of ether oxygens (including phenoxy) is 1. The molecule has 0 bridgehead atoms. The molecule has 0 saturated heterocycles. The van der Waals surface area contributed by atoms with Gasteiger partial charge in [-0.05, 0) is 6.92 Å². The zero-order valence-electron chi connectivity index (χ0n) is 15.5. The van der Waals surface area contributed by atoms with Gasteiger partial charge in [-0.1, -0.05) is 23.8 Å². The SMILES string of the molecule is CC1=C[CH]C=C1.CCO[C](=[Mn])/C=C/c1ccc(N(C)C)cc1.[C-]#[O+].[C-]#[O+]. The summed E-state index contributed by atoms with van der Waals surface area (Å²) in [7, 11) is 4.06. The topological polar surface area (TPSA) is 52.3 Å². The molecule has 1 aliphatic rings. The van der Waals surface area contributed by atoms with Crippen LogP contribution in [-0.4, -0.2) is 25.3 Å². The Balaban J connectivity index is 0. The predicted octanol–water partition coefficient (Wildman–Crippen LogP) is 4.11. The Morgan fingerprint density at radius 3 is 2.08 bits per heavy atom. The molecule has 138 valence electrons. The van der Waals surface area contributed by atoms with E-state index in [0.29, 0.717) is 6.61 Å². The van der Waals surface area contributed by atoms with Crippen molar-refractivity contribution in [2.75, 3.05) is 25.6 Å². The number of anilines is 1. The molecule has 0 fully saturated rings. The third kappa shape index (κ3) is 13.4. The first-order valence-corrected chi connectivity index (χ1v) is 8.31. The molecule has 2 rings (SSSR count). The van der Waals surface area contributed by atoms with E-state index < -0.39 is 0 Å². The molecule has 4 nitrogen and oxygen atoms in total. The first kappa shape index (κ1) is 26.3. The Labute approximate surface area is 165 Å². The third-order valence-corrected chi connectivity index (χ3v) is 3.29. The number of hydrogen-bond donors (Lipinski definition) is 0. The van der Waals surface area contributed by atoms with E-state index in [1.807, 2.05) is 45.7 Å².